The van der Waals surface area contributed by atoms with Crippen molar-refractivity contribution in [3.8, 4) is 28.6 Å². The van der Waals surface area contributed by atoms with Gasteiger partial charge in [-0.2, -0.15) is 0 Å². The standard InChI is InChI=1S/C15H12N2O3/c1-18-10-4-2-9(3-5-10)15-16-11-6-7-12-14(13(11)17-15)20-8-19-12/h2-7H,8H2,1H3,(H,16,17). The molecule has 2 aromatic carbocycles. The molecule has 0 atom stereocenters. The third-order valence-corrected chi connectivity index (χ3v) is 3.35. The first kappa shape index (κ1) is 11.2. The monoisotopic (exact) mass is 268 g/mol. The summed E-state index contributed by atoms with van der Waals surface area (Å²) in [6, 6.07) is 11.6. The van der Waals surface area contributed by atoms with Gasteiger partial charge >= 0.3 is 0 Å². The van der Waals surface area contributed by atoms with Crippen LogP contribution in [0.15, 0.2) is 36.4 Å². The summed E-state index contributed by atoms with van der Waals surface area (Å²) in [6.45, 7) is 0.249. The van der Waals surface area contributed by atoms with Gasteiger partial charge < -0.3 is 19.2 Å². The Morgan fingerprint density at radius 2 is 1.95 bits per heavy atom. The van der Waals surface area contributed by atoms with E-state index in [-0.39, 0.29) is 6.79 Å². The topological polar surface area (TPSA) is 56.4 Å². The predicted molar refractivity (Wildman–Crippen MR) is 74.2 cm³/mol. The number of fused-ring (bicyclic) bond motifs is 3. The molecule has 0 bridgehead atoms. The van der Waals surface area contributed by atoms with E-state index in [0.29, 0.717) is 5.75 Å². The van der Waals surface area contributed by atoms with Crippen molar-refractivity contribution in [2.24, 2.45) is 0 Å². The first-order valence-corrected chi connectivity index (χ1v) is 6.28. The largest absolute Gasteiger partial charge is 0.497 e. The maximum atomic E-state index is 5.47. The van der Waals surface area contributed by atoms with Crippen LogP contribution in [0.3, 0.4) is 0 Å². The predicted octanol–water partition coefficient (Wildman–Crippen LogP) is 2.97. The lowest BCUT2D eigenvalue weighted by atomic mass is 10.2. The second kappa shape index (κ2) is 4.16. The molecule has 0 unspecified atom stereocenters. The maximum absolute atomic E-state index is 5.47. The van der Waals surface area contributed by atoms with Crippen LogP contribution in [0.5, 0.6) is 17.2 Å². The molecule has 0 amide bonds. The molecule has 5 nitrogen and oxygen atoms in total. The molecule has 0 radical (unpaired) electrons. The smallest absolute Gasteiger partial charge is 0.231 e. The maximum Gasteiger partial charge on any atom is 0.231 e. The summed E-state index contributed by atoms with van der Waals surface area (Å²) in [5, 5.41) is 0. The summed E-state index contributed by atoms with van der Waals surface area (Å²) in [4.78, 5) is 7.90. The minimum Gasteiger partial charge on any atom is -0.497 e. The van der Waals surface area contributed by atoms with Crippen LogP contribution >= 0.6 is 0 Å². The van der Waals surface area contributed by atoms with Gasteiger partial charge in [0, 0.05) is 5.56 Å². The highest BCUT2D eigenvalue weighted by atomic mass is 16.7. The molecule has 1 N–H and O–H groups in total. The second-order valence-corrected chi connectivity index (χ2v) is 4.51. The number of hydrogen-bond donors (Lipinski definition) is 1. The van der Waals surface area contributed by atoms with Crippen LogP contribution in [0.4, 0.5) is 0 Å². The van der Waals surface area contributed by atoms with E-state index >= 15 is 0 Å². The third kappa shape index (κ3) is 1.60. The number of aromatic amines is 1. The lowest BCUT2D eigenvalue weighted by Crippen LogP contribution is -1.93. The van der Waals surface area contributed by atoms with Gasteiger partial charge in [-0.15, -0.1) is 0 Å². The number of H-pyrrole nitrogens is 1. The van der Waals surface area contributed by atoms with Crippen LogP contribution < -0.4 is 14.2 Å². The molecule has 100 valence electrons. The van der Waals surface area contributed by atoms with E-state index in [0.717, 1.165) is 33.9 Å². The Morgan fingerprint density at radius 3 is 2.75 bits per heavy atom. The number of nitrogens with one attached hydrogen (secondary N) is 1. The number of benzene rings is 2. The fourth-order valence-corrected chi connectivity index (χ4v) is 2.32. The number of imidazole rings is 1. The number of hydrogen-bond acceptors (Lipinski definition) is 4. The van der Waals surface area contributed by atoms with Crippen molar-refractivity contribution in [2.45, 2.75) is 0 Å². The molecule has 4 rings (SSSR count). The average Bonchev–Trinajstić information content (AvgIpc) is 3.12. The van der Waals surface area contributed by atoms with E-state index in [1.165, 1.54) is 0 Å². The molecule has 3 aromatic rings. The van der Waals surface area contributed by atoms with Crippen molar-refractivity contribution in [3.63, 3.8) is 0 Å². The zero-order valence-corrected chi connectivity index (χ0v) is 10.8. The Morgan fingerprint density at radius 1 is 1.10 bits per heavy atom. The average molecular weight is 268 g/mol. The van der Waals surface area contributed by atoms with E-state index in [2.05, 4.69) is 9.97 Å². The Labute approximate surface area is 115 Å². The quantitative estimate of drug-likeness (QED) is 0.776. The SMILES string of the molecule is COc1ccc(-c2nc3c4c(ccc3[nH]2)OCO4)cc1. The van der Waals surface area contributed by atoms with Crippen molar-refractivity contribution in [1.29, 1.82) is 0 Å². The molecule has 0 saturated carbocycles. The van der Waals surface area contributed by atoms with Crippen LogP contribution in [-0.4, -0.2) is 23.9 Å². The molecule has 1 aromatic heterocycles. The van der Waals surface area contributed by atoms with Gasteiger partial charge in [-0.25, -0.2) is 4.98 Å². The zero-order chi connectivity index (χ0) is 13.5. The van der Waals surface area contributed by atoms with E-state index in [1.807, 2.05) is 36.4 Å². The minimum absolute atomic E-state index is 0.249. The van der Waals surface area contributed by atoms with Gasteiger partial charge in [0.05, 0.1) is 12.6 Å². The molecular weight excluding hydrogens is 256 g/mol. The van der Waals surface area contributed by atoms with Crippen LogP contribution in [-0.2, 0) is 0 Å². The second-order valence-electron chi connectivity index (χ2n) is 4.51. The third-order valence-electron chi connectivity index (χ3n) is 3.35. The number of aromatic nitrogens is 2. The van der Waals surface area contributed by atoms with Gasteiger partial charge in [0.1, 0.15) is 17.1 Å². The molecular formula is C15H12N2O3. The number of nitrogens with zero attached hydrogens (tertiary/aromatic N) is 1. The molecule has 0 aliphatic carbocycles. The summed E-state index contributed by atoms with van der Waals surface area (Å²) in [5.74, 6) is 3.07. The molecule has 20 heavy (non-hydrogen) atoms. The van der Waals surface area contributed by atoms with Gasteiger partial charge in [-0.3, -0.25) is 0 Å². The Bertz CT molecular complexity index is 778. The summed E-state index contributed by atoms with van der Waals surface area (Å²) < 4.78 is 16.0. The molecule has 0 saturated heterocycles. The van der Waals surface area contributed by atoms with Crippen LogP contribution in [0.25, 0.3) is 22.4 Å². The van der Waals surface area contributed by atoms with E-state index in [1.54, 1.807) is 7.11 Å². The van der Waals surface area contributed by atoms with Gasteiger partial charge in [0.2, 0.25) is 6.79 Å². The fraction of sp³-hybridized carbons (Fsp3) is 0.133. The fourth-order valence-electron chi connectivity index (χ4n) is 2.32. The van der Waals surface area contributed by atoms with Crippen LogP contribution in [0.1, 0.15) is 0 Å². The molecule has 2 heterocycles. The van der Waals surface area contributed by atoms with Crippen molar-refractivity contribution < 1.29 is 14.2 Å². The number of ether oxygens (including phenoxy) is 3. The van der Waals surface area contributed by atoms with E-state index in [9.17, 15) is 0 Å². The number of methoxy groups -OCH3 is 1. The summed E-state index contributed by atoms with van der Waals surface area (Å²) in [6.07, 6.45) is 0. The lowest BCUT2D eigenvalue weighted by molar-refractivity contribution is 0.174. The molecule has 1 aliphatic rings. The van der Waals surface area contributed by atoms with Crippen molar-refractivity contribution >= 4 is 11.0 Å². The summed E-state index contributed by atoms with van der Waals surface area (Å²) in [7, 11) is 1.65. The van der Waals surface area contributed by atoms with Crippen LogP contribution in [0.2, 0.25) is 0 Å². The molecule has 0 spiro atoms. The van der Waals surface area contributed by atoms with E-state index < -0.39 is 0 Å². The minimum atomic E-state index is 0.249. The van der Waals surface area contributed by atoms with Gasteiger partial charge in [0.25, 0.3) is 0 Å². The lowest BCUT2D eigenvalue weighted by Gasteiger charge is -2.00. The highest BCUT2D eigenvalue weighted by Gasteiger charge is 2.19. The van der Waals surface area contributed by atoms with Crippen molar-refractivity contribution in [1.82, 2.24) is 9.97 Å². The Balaban J connectivity index is 1.84. The summed E-state index contributed by atoms with van der Waals surface area (Å²) >= 11 is 0. The van der Waals surface area contributed by atoms with E-state index in [4.69, 9.17) is 14.2 Å². The van der Waals surface area contributed by atoms with Crippen molar-refractivity contribution in [3.05, 3.63) is 36.4 Å². The highest BCUT2D eigenvalue weighted by Crippen LogP contribution is 2.38. The first-order chi connectivity index (χ1) is 9.85. The summed E-state index contributed by atoms with van der Waals surface area (Å²) in [5.41, 5.74) is 2.72. The first-order valence-electron chi connectivity index (χ1n) is 6.28. The van der Waals surface area contributed by atoms with Crippen molar-refractivity contribution in [2.75, 3.05) is 13.9 Å². The number of rotatable bonds is 2. The molecule has 1 aliphatic heterocycles. The van der Waals surface area contributed by atoms with Crippen LogP contribution in [0, 0.1) is 0 Å². The Hall–Kier alpha value is -2.69. The molecule has 5 heteroatoms. The normalized spacial score (nSPS) is 12.8. The van der Waals surface area contributed by atoms with Gasteiger partial charge in [-0.05, 0) is 36.4 Å². The van der Waals surface area contributed by atoms with Gasteiger partial charge in [-0.1, -0.05) is 0 Å². The Kier molecular flexibility index (Phi) is 2.32. The zero-order valence-electron chi connectivity index (χ0n) is 10.8. The van der Waals surface area contributed by atoms with Gasteiger partial charge in [0.15, 0.2) is 11.5 Å². The highest BCUT2D eigenvalue weighted by molar-refractivity contribution is 5.87. The molecule has 0 fully saturated rings.